The summed E-state index contributed by atoms with van der Waals surface area (Å²) in [5.41, 5.74) is 4.65. The molecule has 0 saturated heterocycles. The van der Waals surface area contributed by atoms with E-state index < -0.39 is 5.97 Å². The lowest BCUT2D eigenvalue weighted by atomic mass is 9.98. The fourth-order valence-electron chi connectivity index (χ4n) is 2.73. The van der Waals surface area contributed by atoms with Crippen LogP contribution in [-0.2, 0) is 6.42 Å². The fraction of sp³-hybridized carbons (Fsp3) is 0.211. The second kappa shape index (κ2) is 5.68. The van der Waals surface area contributed by atoms with Gasteiger partial charge < -0.3 is 10.1 Å². The van der Waals surface area contributed by atoms with Crippen LogP contribution in [0.4, 0.5) is 0 Å². The summed E-state index contributed by atoms with van der Waals surface area (Å²) in [6.07, 6.45) is 1.08. The van der Waals surface area contributed by atoms with Gasteiger partial charge in [-0.05, 0) is 47.2 Å². The van der Waals surface area contributed by atoms with Crippen LogP contribution in [0.2, 0.25) is 0 Å². The molecule has 3 nitrogen and oxygen atoms in total. The van der Waals surface area contributed by atoms with E-state index in [1.807, 2.05) is 18.2 Å². The number of hydrogen-bond acceptors (Lipinski definition) is 1. The van der Waals surface area contributed by atoms with E-state index in [1.54, 1.807) is 6.07 Å². The second-order valence-corrected chi connectivity index (χ2v) is 6.09. The van der Waals surface area contributed by atoms with Crippen molar-refractivity contribution in [2.24, 2.45) is 5.92 Å². The molecule has 0 aliphatic rings. The van der Waals surface area contributed by atoms with Gasteiger partial charge in [-0.2, -0.15) is 0 Å². The van der Waals surface area contributed by atoms with Crippen molar-refractivity contribution in [3.8, 4) is 11.1 Å². The molecular weight excluding hydrogens is 274 g/mol. The lowest BCUT2D eigenvalue weighted by Crippen LogP contribution is -1.94. The molecule has 3 heteroatoms. The Morgan fingerprint density at radius 1 is 1.05 bits per heavy atom. The first-order chi connectivity index (χ1) is 10.5. The molecule has 0 bridgehead atoms. The van der Waals surface area contributed by atoms with Gasteiger partial charge in [0.05, 0.1) is 0 Å². The molecule has 0 amide bonds. The van der Waals surface area contributed by atoms with Crippen molar-refractivity contribution in [2.45, 2.75) is 20.3 Å². The summed E-state index contributed by atoms with van der Waals surface area (Å²) >= 11 is 0. The molecule has 2 aromatic carbocycles. The Labute approximate surface area is 129 Å². The molecule has 0 spiro atoms. The average Bonchev–Trinajstić information content (AvgIpc) is 2.90. The first-order valence-electron chi connectivity index (χ1n) is 7.48. The van der Waals surface area contributed by atoms with E-state index in [-0.39, 0.29) is 5.69 Å². The van der Waals surface area contributed by atoms with Gasteiger partial charge in [-0.1, -0.05) is 44.2 Å². The highest BCUT2D eigenvalue weighted by molar-refractivity contribution is 5.95. The minimum Gasteiger partial charge on any atom is -0.477 e. The maximum Gasteiger partial charge on any atom is 0.352 e. The maximum atomic E-state index is 11.0. The highest BCUT2D eigenvalue weighted by Crippen LogP contribution is 2.25. The molecule has 1 heterocycles. The predicted octanol–water partition coefficient (Wildman–Crippen LogP) is 4.73. The summed E-state index contributed by atoms with van der Waals surface area (Å²) in [4.78, 5) is 13.9. The van der Waals surface area contributed by atoms with E-state index in [0.29, 0.717) is 5.92 Å². The smallest absolute Gasteiger partial charge is 0.352 e. The Balaban J connectivity index is 1.94. The van der Waals surface area contributed by atoms with Gasteiger partial charge in [-0.3, -0.25) is 0 Å². The Morgan fingerprint density at radius 2 is 1.73 bits per heavy atom. The number of fused-ring (bicyclic) bond motifs is 1. The molecule has 0 radical (unpaired) electrons. The van der Waals surface area contributed by atoms with Crippen molar-refractivity contribution >= 4 is 16.9 Å². The van der Waals surface area contributed by atoms with Crippen LogP contribution in [0.5, 0.6) is 0 Å². The van der Waals surface area contributed by atoms with E-state index in [9.17, 15) is 4.79 Å². The largest absolute Gasteiger partial charge is 0.477 e. The molecule has 0 aliphatic heterocycles. The molecule has 112 valence electrons. The minimum atomic E-state index is -0.934. The number of rotatable bonds is 4. The quantitative estimate of drug-likeness (QED) is 0.730. The number of carboxylic acids is 1. The average molecular weight is 293 g/mol. The molecule has 2 N–H and O–H groups in total. The van der Waals surface area contributed by atoms with E-state index in [1.165, 1.54) is 5.56 Å². The van der Waals surface area contributed by atoms with Crippen LogP contribution in [0.3, 0.4) is 0 Å². The number of hydrogen-bond donors (Lipinski definition) is 2. The minimum absolute atomic E-state index is 0.222. The van der Waals surface area contributed by atoms with Crippen LogP contribution in [-0.4, -0.2) is 16.1 Å². The topological polar surface area (TPSA) is 53.1 Å². The van der Waals surface area contributed by atoms with Gasteiger partial charge in [0.2, 0.25) is 0 Å². The molecule has 1 aromatic heterocycles. The Bertz CT molecular complexity index is 813. The van der Waals surface area contributed by atoms with Crippen LogP contribution in [0.15, 0.2) is 48.5 Å². The van der Waals surface area contributed by atoms with E-state index in [2.05, 4.69) is 43.1 Å². The van der Waals surface area contributed by atoms with Crippen molar-refractivity contribution in [3.05, 3.63) is 59.8 Å². The number of aromatic nitrogens is 1. The molecule has 0 aliphatic carbocycles. The molecule has 3 rings (SSSR count). The van der Waals surface area contributed by atoms with Gasteiger partial charge in [-0.25, -0.2) is 4.79 Å². The summed E-state index contributed by atoms with van der Waals surface area (Å²) in [5, 5.41) is 9.96. The Morgan fingerprint density at radius 3 is 2.36 bits per heavy atom. The summed E-state index contributed by atoms with van der Waals surface area (Å²) < 4.78 is 0. The highest BCUT2D eigenvalue weighted by atomic mass is 16.4. The van der Waals surface area contributed by atoms with Crippen molar-refractivity contribution < 1.29 is 9.90 Å². The third-order valence-electron chi connectivity index (χ3n) is 3.78. The zero-order chi connectivity index (χ0) is 15.7. The van der Waals surface area contributed by atoms with Gasteiger partial charge in [0.1, 0.15) is 5.69 Å². The third-order valence-corrected chi connectivity index (χ3v) is 3.78. The summed E-state index contributed by atoms with van der Waals surface area (Å²) in [6, 6.07) is 16.2. The number of H-pyrrole nitrogens is 1. The van der Waals surface area contributed by atoms with Crippen molar-refractivity contribution in [1.82, 2.24) is 4.98 Å². The Hall–Kier alpha value is -2.55. The summed E-state index contributed by atoms with van der Waals surface area (Å²) in [6.45, 7) is 4.43. The van der Waals surface area contributed by atoms with Crippen LogP contribution in [0, 0.1) is 5.92 Å². The number of nitrogens with one attached hydrogen (secondary N) is 1. The molecule has 0 fully saturated rings. The molecule has 22 heavy (non-hydrogen) atoms. The maximum absolute atomic E-state index is 11.0. The third kappa shape index (κ3) is 2.89. The molecular formula is C19H19NO2. The molecule has 0 unspecified atom stereocenters. The zero-order valence-corrected chi connectivity index (χ0v) is 12.8. The number of benzene rings is 2. The first kappa shape index (κ1) is 14.4. The van der Waals surface area contributed by atoms with Gasteiger partial charge in [0.15, 0.2) is 0 Å². The molecule has 3 aromatic rings. The van der Waals surface area contributed by atoms with Crippen LogP contribution in [0.25, 0.3) is 22.0 Å². The normalized spacial score (nSPS) is 11.2. The second-order valence-electron chi connectivity index (χ2n) is 6.09. The molecule has 0 atom stereocenters. The zero-order valence-electron chi connectivity index (χ0n) is 12.8. The van der Waals surface area contributed by atoms with Crippen LogP contribution in [0.1, 0.15) is 29.9 Å². The van der Waals surface area contributed by atoms with E-state index in [0.717, 1.165) is 28.5 Å². The fourth-order valence-corrected chi connectivity index (χ4v) is 2.73. The standard InChI is InChI=1S/C19H19NO2/c1-12(2)9-13-3-5-14(6-4-13)15-7-8-17-16(10-15)11-18(20-17)19(21)22/h3-8,10-12,20H,9H2,1-2H3,(H,21,22). The van der Waals surface area contributed by atoms with Crippen molar-refractivity contribution in [1.29, 1.82) is 0 Å². The van der Waals surface area contributed by atoms with Gasteiger partial charge >= 0.3 is 5.97 Å². The van der Waals surface area contributed by atoms with Gasteiger partial charge in [0.25, 0.3) is 0 Å². The van der Waals surface area contributed by atoms with Crippen molar-refractivity contribution in [2.75, 3.05) is 0 Å². The van der Waals surface area contributed by atoms with Crippen LogP contribution < -0.4 is 0 Å². The number of aromatic carboxylic acids is 1. The summed E-state index contributed by atoms with van der Waals surface area (Å²) in [5.74, 6) is -0.285. The molecule has 0 saturated carbocycles. The monoisotopic (exact) mass is 293 g/mol. The summed E-state index contributed by atoms with van der Waals surface area (Å²) in [7, 11) is 0. The number of carbonyl (C=O) groups is 1. The first-order valence-corrected chi connectivity index (χ1v) is 7.48. The lowest BCUT2D eigenvalue weighted by molar-refractivity contribution is 0.0691. The van der Waals surface area contributed by atoms with Crippen LogP contribution >= 0.6 is 0 Å². The number of aromatic amines is 1. The lowest BCUT2D eigenvalue weighted by Gasteiger charge is -2.07. The Kier molecular flexibility index (Phi) is 3.72. The van der Waals surface area contributed by atoms with Gasteiger partial charge in [-0.15, -0.1) is 0 Å². The van der Waals surface area contributed by atoms with E-state index in [4.69, 9.17) is 5.11 Å². The van der Waals surface area contributed by atoms with E-state index >= 15 is 0 Å². The SMILES string of the molecule is CC(C)Cc1ccc(-c2ccc3[nH]c(C(=O)O)cc3c2)cc1. The highest BCUT2D eigenvalue weighted by Gasteiger charge is 2.08. The van der Waals surface area contributed by atoms with Crippen molar-refractivity contribution in [3.63, 3.8) is 0 Å². The number of carboxylic acid groups (broad SMARTS) is 1. The predicted molar refractivity (Wildman–Crippen MR) is 89.2 cm³/mol. The van der Waals surface area contributed by atoms with Gasteiger partial charge in [0, 0.05) is 10.9 Å².